The van der Waals surface area contributed by atoms with E-state index in [1.165, 1.54) is 6.07 Å². The average molecular weight is 276 g/mol. The molecule has 4 heteroatoms. The Morgan fingerprint density at radius 2 is 2.18 bits per heavy atom. The molecule has 0 aliphatic rings. The van der Waals surface area contributed by atoms with Crippen LogP contribution in [-0.4, -0.2) is 24.1 Å². The first kappa shape index (κ1) is 14.8. The molecular formula is C13H19ClFNS. The van der Waals surface area contributed by atoms with Crippen LogP contribution >= 0.6 is 23.4 Å². The average Bonchev–Trinajstić information content (AvgIpc) is 2.31. The van der Waals surface area contributed by atoms with Crippen LogP contribution in [0.1, 0.15) is 19.4 Å². The Balaban J connectivity index is 2.67. The highest BCUT2D eigenvalue weighted by Crippen LogP contribution is 2.17. The highest BCUT2D eigenvalue weighted by molar-refractivity contribution is 7.99. The Labute approximate surface area is 112 Å². The second-order valence-corrected chi connectivity index (χ2v) is 5.61. The smallest absolute Gasteiger partial charge is 0.126 e. The first-order valence-corrected chi connectivity index (χ1v) is 7.45. The summed E-state index contributed by atoms with van der Waals surface area (Å²) in [6, 6.07) is 5.05. The number of nitrogens with one attached hydrogen (secondary N) is 1. The Morgan fingerprint density at radius 3 is 2.82 bits per heavy atom. The molecule has 1 aromatic carbocycles. The molecule has 1 rings (SSSR count). The lowest BCUT2D eigenvalue weighted by Crippen LogP contribution is -2.33. The molecule has 0 radical (unpaired) electrons. The van der Waals surface area contributed by atoms with Crippen LogP contribution in [0.4, 0.5) is 4.39 Å². The van der Waals surface area contributed by atoms with Gasteiger partial charge in [0, 0.05) is 16.8 Å². The van der Waals surface area contributed by atoms with Crippen LogP contribution in [0.3, 0.4) is 0 Å². The maximum atomic E-state index is 13.6. The number of thioether (sulfide) groups is 1. The number of benzene rings is 1. The predicted molar refractivity (Wildman–Crippen MR) is 75.6 cm³/mol. The fourth-order valence-electron chi connectivity index (χ4n) is 1.70. The minimum Gasteiger partial charge on any atom is -0.313 e. The molecule has 0 aromatic heterocycles. The van der Waals surface area contributed by atoms with Crippen molar-refractivity contribution >= 4 is 23.4 Å². The van der Waals surface area contributed by atoms with Gasteiger partial charge in [-0.3, -0.25) is 0 Å². The molecule has 1 N–H and O–H groups in total. The molecule has 0 heterocycles. The third-order valence-corrected chi connectivity index (χ3v) is 3.77. The molecule has 1 nitrogen and oxygen atoms in total. The van der Waals surface area contributed by atoms with E-state index in [0.29, 0.717) is 23.0 Å². The van der Waals surface area contributed by atoms with Crippen molar-refractivity contribution in [1.29, 1.82) is 0 Å². The first-order chi connectivity index (χ1) is 8.17. The van der Waals surface area contributed by atoms with Crippen LogP contribution in [0.25, 0.3) is 0 Å². The van der Waals surface area contributed by atoms with Gasteiger partial charge in [0.05, 0.1) is 0 Å². The minimum atomic E-state index is -0.168. The third-order valence-electron chi connectivity index (χ3n) is 2.49. The molecular weight excluding hydrogens is 257 g/mol. The molecule has 0 aliphatic heterocycles. The number of hydrogen-bond acceptors (Lipinski definition) is 2. The van der Waals surface area contributed by atoms with Gasteiger partial charge in [-0.15, -0.1) is 0 Å². The molecule has 17 heavy (non-hydrogen) atoms. The zero-order chi connectivity index (χ0) is 12.7. The molecule has 96 valence electrons. The number of hydrogen-bond donors (Lipinski definition) is 1. The summed E-state index contributed by atoms with van der Waals surface area (Å²) in [7, 11) is 0. The molecule has 0 aliphatic carbocycles. The van der Waals surface area contributed by atoms with E-state index in [4.69, 9.17) is 11.6 Å². The van der Waals surface area contributed by atoms with Crippen molar-refractivity contribution in [2.24, 2.45) is 0 Å². The molecule has 1 unspecified atom stereocenters. The van der Waals surface area contributed by atoms with Crippen LogP contribution in [-0.2, 0) is 6.42 Å². The van der Waals surface area contributed by atoms with Gasteiger partial charge < -0.3 is 5.32 Å². The lowest BCUT2D eigenvalue weighted by atomic mass is 10.1. The summed E-state index contributed by atoms with van der Waals surface area (Å²) in [5.41, 5.74) is 0.695. The summed E-state index contributed by atoms with van der Waals surface area (Å²) in [6.45, 7) is 5.10. The van der Waals surface area contributed by atoms with Crippen molar-refractivity contribution < 1.29 is 4.39 Å². The van der Waals surface area contributed by atoms with E-state index in [0.717, 1.165) is 18.1 Å². The van der Waals surface area contributed by atoms with Crippen molar-refractivity contribution in [2.75, 3.05) is 18.1 Å². The second kappa shape index (κ2) is 7.96. The van der Waals surface area contributed by atoms with Crippen molar-refractivity contribution in [2.45, 2.75) is 26.3 Å². The quantitative estimate of drug-likeness (QED) is 0.813. The Bertz CT molecular complexity index is 346. The molecule has 1 atom stereocenters. The minimum absolute atomic E-state index is 0.168. The maximum Gasteiger partial charge on any atom is 0.126 e. The van der Waals surface area contributed by atoms with E-state index >= 15 is 0 Å². The maximum absolute atomic E-state index is 13.6. The number of likely N-dealkylation sites (N-methyl/N-ethyl adjacent to an activating group) is 1. The molecule has 1 aromatic rings. The first-order valence-electron chi connectivity index (χ1n) is 5.92. The van der Waals surface area contributed by atoms with Gasteiger partial charge in [0.2, 0.25) is 0 Å². The summed E-state index contributed by atoms with van der Waals surface area (Å²) in [5.74, 6) is 1.91. The van der Waals surface area contributed by atoms with E-state index < -0.39 is 0 Å². The summed E-state index contributed by atoms with van der Waals surface area (Å²) in [6.07, 6.45) is 0.688. The standard InChI is InChI=1S/C13H19ClFNS/c1-3-16-12(9-17-4-2)8-10-7-11(14)5-6-13(10)15/h5-7,12,16H,3-4,8-9H2,1-2H3. The SMILES string of the molecule is CCNC(CSCC)Cc1cc(Cl)ccc1F. The van der Waals surface area contributed by atoms with Gasteiger partial charge in [-0.25, -0.2) is 4.39 Å². The number of halogens is 2. The van der Waals surface area contributed by atoms with Gasteiger partial charge in [-0.2, -0.15) is 11.8 Å². The van der Waals surface area contributed by atoms with Crippen molar-refractivity contribution in [1.82, 2.24) is 5.32 Å². The van der Waals surface area contributed by atoms with Crippen molar-refractivity contribution in [3.63, 3.8) is 0 Å². The summed E-state index contributed by atoms with van der Waals surface area (Å²) in [5, 5.41) is 3.98. The summed E-state index contributed by atoms with van der Waals surface area (Å²) < 4.78 is 13.6. The predicted octanol–water partition coefficient (Wildman–Crippen LogP) is 3.75. The fourth-order valence-corrected chi connectivity index (χ4v) is 2.65. The zero-order valence-corrected chi connectivity index (χ0v) is 11.9. The highest BCUT2D eigenvalue weighted by atomic mass is 35.5. The van der Waals surface area contributed by atoms with Gasteiger partial charge in [0.25, 0.3) is 0 Å². The second-order valence-electron chi connectivity index (χ2n) is 3.85. The van der Waals surface area contributed by atoms with Gasteiger partial charge in [0.1, 0.15) is 5.82 Å². The summed E-state index contributed by atoms with van der Waals surface area (Å²) in [4.78, 5) is 0. The van der Waals surface area contributed by atoms with Crippen molar-refractivity contribution in [3.8, 4) is 0 Å². The van der Waals surface area contributed by atoms with Crippen LogP contribution in [0.15, 0.2) is 18.2 Å². The fraction of sp³-hybridized carbons (Fsp3) is 0.538. The van der Waals surface area contributed by atoms with E-state index in [1.54, 1.807) is 12.1 Å². The van der Waals surface area contributed by atoms with E-state index in [2.05, 4.69) is 19.2 Å². The van der Waals surface area contributed by atoms with E-state index in [-0.39, 0.29) is 5.82 Å². The lowest BCUT2D eigenvalue weighted by Gasteiger charge is -2.17. The normalized spacial score (nSPS) is 12.7. The Morgan fingerprint density at radius 1 is 1.41 bits per heavy atom. The van der Waals surface area contributed by atoms with Gasteiger partial charge in [-0.05, 0) is 42.5 Å². The summed E-state index contributed by atoms with van der Waals surface area (Å²) >= 11 is 7.76. The van der Waals surface area contributed by atoms with Crippen molar-refractivity contribution in [3.05, 3.63) is 34.6 Å². The Kier molecular flexibility index (Phi) is 6.93. The highest BCUT2D eigenvalue weighted by Gasteiger charge is 2.11. The molecule has 0 amide bonds. The van der Waals surface area contributed by atoms with E-state index in [9.17, 15) is 4.39 Å². The molecule has 0 saturated carbocycles. The van der Waals surface area contributed by atoms with Crippen LogP contribution < -0.4 is 5.32 Å². The van der Waals surface area contributed by atoms with Crippen LogP contribution in [0.5, 0.6) is 0 Å². The topological polar surface area (TPSA) is 12.0 Å². The number of rotatable bonds is 7. The van der Waals surface area contributed by atoms with Gasteiger partial charge in [0.15, 0.2) is 0 Å². The monoisotopic (exact) mass is 275 g/mol. The Hall–Kier alpha value is -0.250. The van der Waals surface area contributed by atoms with Crippen LogP contribution in [0.2, 0.25) is 5.02 Å². The zero-order valence-electron chi connectivity index (χ0n) is 10.3. The molecule has 0 fully saturated rings. The van der Waals surface area contributed by atoms with Crippen LogP contribution in [0, 0.1) is 5.82 Å². The largest absolute Gasteiger partial charge is 0.313 e. The third kappa shape index (κ3) is 5.28. The van der Waals surface area contributed by atoms with E-state index in [1.807, 2.05) is 11.8 Å². The van der Waals surface area contributed by atoms with Gasteiger partial charge in [-0.1, -0.05) is 25.4 Å². The lowest BCUT2D eigenvalue weighted by molar-refractivity contribution is 0.545. The molecule has 0 saturated heterocycles. The molecule has 0 spiro atoms. The molecule has 0 bridgehead atoms. The van der Waals surface area contributed by atoms with Gasteiger partial charge >= 0.3 is 0 Å².